The van der Waals surface area contributed by atoms with Gasteiger partial charge < -0.3 is 14.6 Å². The van der Waals surface area contributed by atoms with Crippen LogP contribution < -0.4 is 10.1 Å². The zero-order valence-corrected chi connectivity index (χ0v) is 12.9. The average molecular weight is 322 g/mol. The number of nitrogens with one attached hydrogen (secondary N) is 1. The maximum absolute atomic E-state index is 12.1. The number of hydrogen-bond donors (Lipinski definition) is 1. The molecule has 2 aromatic rings. The number of aromatic nitrogens is 1. The van der Waals surface area contributed by atoms with Crippen molar-refractivity contribution in [3.8, 4) is 5.75 Å². The van der Waals surface area contributed by atoms with E-state index in [1.807, 2.05) is 17.0 Å². The molecule has 0 bridgehead atoms. The van der Waals surface area contributed by atoms with E-state index < -0.39 is 0 Å². The topological polar surface area (TPSA) is 67.6 Å². The number of hydrogen-bond acceptors (Lipinski definition) is 5. The van der Waals surface area contributed by atoms with E-state index in [0.29, 0.717) is 36.3 Å². The number of benzene rings is 1. The van der Waals surface area contributed by atoms with Crippen molar-refractivity contribution in [3.63, 3.8) is 0 Å². The fourth-order valence-electron chi connectivity index (χ4n) is 2.36. The minimum atomic E-state index is -0.140. The molecule has 0 aliphatic carbocycles. The summed E-state index contributed by atoms with van der Waals surface area (Å²) in [5.41, 5.74) is 0.982. The predicted molar refractivity (Wildman–Crippen MR) is 82.1 cm³/mol. The lowest BCUT2D eigenvalue weighted by atomic mass is 10.2. The zero-order chi connectivity index (χ0) is 15.5. The van der Waals surface area contributed by atoms with E-state index in [1.165, 1.54) is 0 Å². The Kier molecular flexibility index (Phi) is 4.31. The molecule has 2 heterocycles. The minimum absolute atomic E-state index is 0.140. The molecule has 1 amide bonds. The highest BCUT2D eigenvalue weighted by Crippen LogP contribution is 2.26. The number of anilines is 1. The van der Waals surface area contributed by atoms with Gasteiger partial charge in [-0.1, -0.05) is 16.8 Å². The number of ether oxygens (including phenoxy) is 1. The maximum atomic E-state index is 12.1. The molecule has 22 heavy (non-hydrogen) atoms. The van der Waals surface area contributed by atoms with Gasteiger partial charge in [-0.3, -0.25) is 9.69 Å². The Hall–Kier alpha value is -2.05. The van der Waals surface area contributed by atoms with E-state index in [4.69, 9.17) is 20.9 Å². The summed E-state index contributed by atoms with van der Waals surface area (Å²) >= 11 is 6.02. The van der Waals surface area contributed by atoms with Crippen LogP contribution in [0.2, 0.25) is 5.02 Å². The van der Waals surface area contributed by atoms with Crippen LogP contribution in [0.4, 0.5) is 5.82 Å². The molecule has 6 nitrogen and oxygen atoms in total. The van der Waals surface area contributed by atoms with Crippen LogP contribution in [0, 0.1) is 6.92 Å². The fraction of sp³-hybridized carbons (Fsp3) is 0.333. The first-order valence-electron chi connectivity index (χ1n) is 6.97. The molecule has 3 rings (SSSR count). The van der Waals surface area contributed by atoms with Crippen LogP contribution in [0.1, 0.15) is 11.3 Å². The Morgan fingerprint density at radius 1 is 1.45 bits per heavy atom. The predicted octanol–water partition coefficient (Wildman–Crippen LogP) is 2.47. The number of amides is 1. The van der Waals surface area contributed by atoms with Crippen molar-refractivity contribution in [3.05, 3.63) is 40.6 Å². The molecule has 7 heteroatoms. The van der Waals surface area contributed by atoms with Crippen molar-refractivity contribution in [2.45, 2.75) is 13.5 Å². The van der Waals surface area contributed by atoms with E-state index in [-0.39, 0.29) is 12.5 Å². The Balaban J connectivity index is 1.64. The SMILES string of the molecule is Cc1cc(NC(=O)CN2CCOc3ccc(Cl)cc3C2)no1. The summed E-state index contributed by atoms with van der Waals surface area (Å²) in [4.78, 5) is 14.1. The number of nitrogens with zero attached hydrogens (tertiary/aromatic N) is 2. The zero-order valence-electron chi connectivity index (χ0n) is 12.1. The van der Waals surface area contributed by atoms with Gasteiger partial charge in [-0.15, -0.1) is 0 Å². The van der Waals surface area contributed by atoms with Crippen molar-refractivity contribution in [2.75, 3.05) is 25.0 Å². The second-order valence-corrected chi connectivity index (χ2v) is 5.62. The van der Waals surface area contributed by atoms with Crippen LogP contribution in [-0.4, -0.2) is 35.7 Å². The minimum Gasteiger partial charge on any atom is -0.492 e. The third-order valence-corrected chi connectivity index (χ3v) is 3.58. The normalized spacial score (nSPS) is 14.8. The van der Waals surface area contributed by atoms with E-state index in [2.05, 4.69) is 10.5 Å². The number of carbonyl (C=O) groups excluding carboxylic acids is 1. The summed E-state index contributed by atoms with van der Waals surface area (Å²) in [7, 11) is 0. The highest BCUT2D eigenvalue weighted by atomic mass is 35.5. The second-order valence-electron chi connectivity index (χ2n) is 5.18. The van der Waals surface area contributed by atoms with Gasteiger partial charge in [-0.25, -0.2) is 0 Å². The molecule has 0 saturated carbocycles. The molecule has 0 saturated heterocycles. The summed E-state index contributed by atoms with van der Waals surface area (Å²) in [6, 6.07) is 7.21. The Morgan fingerprint density at radius 3 is 3.09 bits per heavy atom. The number of fused-ring (bicyclic) bond motifs is 1. The summed E-state index contributed by atoms with van der Waals surface area (Å²) in [5.74, 6) is 1.76. The quantitative estimate of drug-likeness (QED) is 0.940. The summed E-state index contributed by atoms with van der Waals surface area (Å²) in [6.07, 6.45) is 0. The van der Waals surface area contributed by atoms with Gasteiger partial charge in [0.25, 0.3) is 0 Å². The third kappa shape index (κ3) is 3.58. The second kappa shape index (κ2) is 6.37. The van der Waals surface area contributed by atoms with Crippen LogP contribution in [0.25, 0.3) is 0 Å². The van der Waals surface area contributed by atoms with E-state index in [1.54, 1.807) is 19.1 Å². The number of halogens is 1. The van der Waals surface area contributed by atoms with Gasteiger partial charge in [-0.2, -0.15) is 0 Å². The standard InChI is InChI=1S/C15H16ClN3O3/c1-10-6-14(18-22-10)17-15(20)9-19-4-5-21-13-3-2-12(16)7-11(13)8-19/h2-3,6-7H,4-5,8-9H2,1H3,(H,17,18,20). The van der Waals surface area contributed by atoms with Crippen LogP contribution in [0.3, 0.4) is 0 Å². The van der Waals surface area contributed by atoms with E-state index in [9.17, 15) is 4.79 Å². The molecule has 1 aromatic carbocycles. The van der Waals surface area contributed by atoms with Crippen LogP contribution >= 0.6 is 11.6 Å². The summed E-state index contributed by atoms with van der Waals surface area (Å²) < 4.78 is 10.6. The molecule has 1 N–H and O–H groups in total. The lowest BCUT2D eigenvalue weighted by Gasteiger charge is -2.18. The van der Waals surface area contributed by atoms with Crippen molar-refractivity contribution >= 4 is 23.3 Å². The molecule has 0 radical (unpaired) electrons. The molecule has 1 aliphatic heterocycles. The third-order valence-electron chi connectivity index (χ3n) is 3.34. The monoisotopic (exact) mass is 321 g/mol. The van der Waals surface area contributed by atoms with Gasteiger partial charge in [-0.05, 0) is 25.1 Å². The molecule has 116 valence electrons. The molecule has 1 aromatic heterocycles. The molecule has 0 spiro atoms. The molecule has 0 unspecified atom stereocenters. The lowest BCUT2D eigenvalue weighted by Crippen LogP contribution is -2.34. The number of carbonyl (C=O) groups is 1. The smallest absolute Gasteiger partial charge is 0.239 e. The molecule has 0 fully saturated rings. The van der Waals surface area contributed by atoms with Crippen molar-refractivity contribution in [1.29, 1.82) is 0 Å². The first-order valence-corrected chi connectivity index (χ1v) is 7.35. The maximum Gasteiger partial charge on any atom is 0.239 e. The van der Waals surface area contributed by atoms with Gasteiger partial charge >= 0.3 is 0 Å². The Labute approximate surface area is 133 Å². The average Bonchev–Trinajstić information content (AvgIpc) is 2.75. The number of aryl methyl sites for hydroxylation is 1. The van der Waals surface area contributed by atoms with E-state index in [0.717, 1.165) is 11.3 Å². The Bertz CT molecular complexity index is 686. The van der Waals surface area contributed by atoms with Gasteiger partial charge in [0.1, 0.15) is 18.1 Å². The van der Waals surface area contributed by atoms with Crippen LogP contribution in [-0.2, 0) is 11.3 Å². The van der Waals surface area contributed by atoms with E-state index >= 15 is 0 Å². The van der Waals surface area contributed by atoms with Gasteiger partial charge in [0.05, 0.1) is 6.54 Å². The highest BCUT2D eigenvalue weighted by Gasteiger charge is 2.18. The first kappa shape index (κ1) is 14.9. The largest absolute Gasteiger partial charge is 0.492 e. The van der Waals surface area contributed by atoms with Crippen LogP contribution in [0.5, 0.6) is 5.75 Å². The van der Waals surface area contributed by atoms with Crippen molar-refractivity contribution in [1.82, 2.24) is 10.1 Å². The Morgan fingerprint density at radius 2 is 2.32 bits per heavy atom. The summed E-state index contributed by atoms with van der Waals surface area (Å²) in [5, 5.41) is 7.12. The number of rotatable bonds is 3. The fourth-order valence-corrected chi connectivity index (χ4v) is 2.56. The van der Waals surface area contributed by atoms with Crippen molar-refractivity contribution in [2.24, 2.45) is 0 Å². The van der Waals surface area contributed by atoms with Gasteiger partial charge in [0, 0.05) is 29.7 Å². The summed E-state index contributed by atoms with van der Waals surface area (Å²) in [6.45, 7) is 3.83. The van der Waals surface area contributed by atoms with Gasteiger partial charge in [0.15, 0.2) is 5.82 Å². The molecular formula is C15H16ClN3O3. The molecular weight excluding hydrogens is 306 g/mol. The first-order chi connectivity index (χ1) is 10.6. The highest BCUT2D eigenvalue weighted by molar-refractivity contribution is 6.30. The lowest BCUT2D eigenvalue weighted by molar-refractivity contribution is -0.117. The van der Waals surface area contributed by atoms with Crippen molar-refractivity contribution < 1.29 is 14.1 Å². The van der Waals surface area contributed by atoms with Crippen LogP contribution in [0.15, 0.2) is 28.8 Å². The molecule has 0 atom stereocenters. The molecule has 1 aliphatic rings. The van der Waals surface area contributed by atoms with Gasteiger partial charge in [0.2, 0.25) is 5.91 Å².